The van der Waals surface area contributed by atoms with Gasteiger partial charge in [0.15, 0.2) is 0 Å². The zero-order valence-corrected chi connectivity index (χ0v) is 12.5. The first-order valence-electron chi connectivity index (χ1n) is 6.95. The maximum atomic E-state index is 11.7. The van der Waals surface area contributed by atoms with Crippen LogP contribution in [0, 0.1) is 5.92 Å². The van der Waals surface area contributed by atoms with E-state index in [1.165, 1.54) is 5.57 Å². The highest BCUT2D eigenvalue weighted by Crippen LogP contribution is 2.10. The maximum Gasteiger partial charge on any atom is 0.271 e. The van der Waals surface area contributed by atoms with E-state index >= 15 is 0 Å². The summed E-state index contributed by atoms with van der Waals surface area (Å²) in [7, 11) is 0. The molecule has 0 aliphatic carbocycles. The van der Waals surface area contributed by atoms with Gasteiger partial charge in [0.2, 0.25) is 0 Å². The van der Waals surface area contributed by atoms with Crippen LogP contribution in [0.5, 0.6) is 0 Å². The summed E-state index contributed by atoms with van der Waals surface area (Å²) in [5.74, 6) is 0.355. The first-order valence-corrected chi connectivity index (χ1v) is 6.95. The van der Waals surface area contributed by atoms with Crippen LogP contribution in [-0.4, -0.2) is 17.1 Å². The van der Waals surface area contributed by atoms with Crippen molar-refractivity contribution in [3.63, 3.8) is 0 Å². The summed E-state index contributed by atoms with van der Waals surface area (Å²) in [4.78, 5) is 15.5. The molecule has 0 saturated carbocycles. The van der Waals surface area contributed by atoms with Crippen LogP contribution in [0.1, 0.15) is 50.4 Å². The summed E-state index contributed by atoms with van der Waals surface area (Å²) in [5.41, 5.74) is 4.44. The third kappa shape index (κ3) is 6.83. The number of pyridine rings is 1. The minimum absolute atomic E-state index is 0.208. The second-order valence-electron chi connectivity index (χ2n) is 5.19. The first-order chi connectivity index (χ1) is 9.59. The molecule has 1 atom stereocenters. The van der Waals surface area contributed by atoms with Gasteiger partial charge in [0, 0.05) is 24.2 Å². The largest absolute Gasteiger partial charge is 0.271 e. The summed E-state index contributed by atoms with van der Waals surface area (Å²) in [6.07, 6.45) is 10.3. The Kier molecular flexibility index (Phi) is 7.25. The number of hydrogen-bond donors (Lipinski definition) is 1. The molecular weight excluding hydrogens is 250 g/mol. The van der Waals surface area contributed by atoms with Gasteiger partial charge in [-0.25, -0.2) is 5.43 Å². The van der Waals surface area contributed by atoms with Crippen molar-refractivity contribution in [1.29, 1.82) is 0 Å². The Morgan fingerprint density at radius 3 is 2.75 bits per heavy atom. The standard InChI is InChI=1S/C16H23N3O/c1-13(2)5-4-6-14(3)7-12-18-19-16(20)15-8-10-17-11-9-15/h5,8-12,14H,4,6-7H2,1-3H3,(H,19,20)/b18-12+. The highest BCUT2D eigenvalue weighted by molar-refractivity contribution is 5.94. The summed E-state index contributed by atoms with van der Waals surface area (Å²) in [6.45, 7) is 6.41. The van der Waals surface area contributed by atoms with Gasteiger partial charge in [-0.15, -0.1) is 0 Å². The fourth-order valence-corrected chi connectivity index (χ4v) is 1.68. The summed E-state index contributed by atoms with van der Waals surface area (Å²) in [5, 5.41) is 3.97. The number of allylic oxidation sites excluding steroid dienone is 2. The number of nitrogens with zero attached hydrogens (tertiary/aromatic N) is 2. The Morgan fingerprint density at radius 2 is 2.10 bits per heavy atom. The van der Waals surface area contributed by atoms with E-state index in [-0.39, 0.29) is 5.91 Å². The van der Waals surface area contributed by atoms with Gasteiger partial charge in [-0.05, 0) is 51.2 Å². The average molecular weight is 273 g/mol. The van der Waals surface area contributed by atoms with Crippen molar-refractivity contribution in [2.24, 2.45) is 11.0 Å². The van der Waals surface area contributed by atoms with E-state index in [2.05, 4.69) is 42.4 Å². The molecule has 1 heterocycles. The summed E-state index contributed by atoms with van der Waals surface area (Å²) in [6, 6.07) is 3.32. The fourth-order valence-electron chi connectivity index (χ4n) is 1.68. The number of carbonyl (C=O) groups excluding carboxylic acids is 1. The maximum absolute atomic E-state index is 11.7. The van der Waals surface area contributed by atoms with Gasteiger partial charge < -0.3 is 0 Å². The summed E-state index contributed by atoms with van der Waals surface area (Å²) >= 11 is 0. The van der Waals surface area contributed by atoms with Crippen LogP contribution in [0.25, 0.3) is 0 Å². The topological polar surface area (TPSA) is 54.4 Å². The van der Waals surface area contributed by atoms with E-state index in [4.69, 9.17) is 0 Å². The van der Waals surface area contributed by atoms with Crippen LogP contribution in [0.15, 0.2) is 41.3 Å². The zero-order valence-electron chi connectivity index (χ0n) is 12.5. The number of amides is 1. The Balaban J connectivity index is 2.25. The second-order valence-corrected chi connectivity index (χ2v) is 5.19. The van der Waals surface area contributed by atoms with E-state index < -0.39 is 0 Å². The molecule has 0 aliphatic rings. The van der Waals surface area contributed by atoms with Crippen LogP contribution in [0.2, 0.25) is 0 Å². The summed E-state index contributed by atoms with van der Waals surface area (Å²) < 4.78 is 0. The number of hydrazone groups is 1. The number of rotatable bonds is 7. The van der Waals surface area contributed by atoms with Crippen molar-refractivity contribution in [3.05, 3.63) is 41.7 Å². The van der Waals surface area contributed by atoms with Crippen molar-refractivity contribution >= 4 is 12.1 Å². The number of aromatic nitrogens is 1. The number of hydrogen-bond acceptors (Lipinski definition) is 3. The molecule has 0 saturated heterocycles. The Labute approximate surface area is 121 Å². The number of nitrogens with one attached hydrogen (secondary N) is 1. The molecule has 108 valence electrons. The number of carbonyl (C=O) groups is 1. The van der Waals surface area contributed by atoms with E-state index in [1.807, 2.05) is 0 Å². The molecule has 0 fully saturated rings. The van der Waals surface area contributed by atoms with Gasteiger partial charge in [-0.2, -0.15) is 5.10 Å². The molecule has 0 aromatic carbocycles. The van der Waals surface area contributed by atoms with Crippen molar-refractivity contribution in [2.75, 3.05) is 0 Å². The lowest BCUT2D eigenvalue weighted by Crippen LogP contribution is -2.17. The molecule has 1 aromatic rings. The first kappa shape index (κ1) is 16.1. The van der Waals surface area contributed by atoms with Crippen LogP contribution < -0.4 is 5.43 Å². The normalized spacial score (nSPS) is 12.2. The minimum Gasteiger partial charge on any atom is -0.267 e. The zero-order chi connectivity index (χ0) is 14.8. The van der Waals surface area contributed by atoms with Crippen molar-refractivity contribution in [1.82, 2.24) is 10.4 Å². The molecule has 1 rings (SSSR count). The van der Waals surface area contributed by atoms with Gasteiger partial charge in [-0.1, -0.05) is 18.6 Å². The molecule has 4 heteroatoms. The monoisotopic (exact) mass is 273 g/mol. The smallest absolute Gasteiger partial charge is 0.267 e. The molecule has 0 spiro atoms. The molecule has 1 unspecified atom stereocenters. The van der Waals surface area contributed by atoms with Crippen LogP contribution >= 0.6 is 0 Å². The lowest BCUT2D eigenvalue weighted by atomic mass is 10.0. The van der Waals surface area contributed by atoms with Crippen molar-refractivity contribution in [3.8, 4) is 0 Å². The van der Waals surface area contributed by atoms with Crippen molar-refractivity contribution in [2.45, 2.75) is 40.0 Å². The van der Waals surface area contributed by atoms with Gasteiger partial charge >= 0.3 is 0 Å². The average Bonchev–Trinajstić information content (AvgIpc) is 2.44. The van der Waals surface area contributed by atoms with Gasteiger partial charge in [0.05, 0.1) is 0 Å². The van der Waals surface area contributed by atoms with E-state index in [0.717, 1.165) is 19.3 Å². The molecule has 0 bridgehead atoms. The van der Waals surface area contributed by atoms with Gasteiger partial charge in [0.25, 0.3) is 5.91 Å². The van der Waals surface area contributed by atoms with Crippen LogP contribution in [-0.2, 0) is 0 Å². The highest BCUT2D eigenvalue weighted by atomic mass is 16.2. The molecule has 1 aromatic heterocycles. The Hall–Kier alpha value is -1.97. The lowest BCUT2D eigenvalue weighted by Gasteiger charge is -2.06. The lowest BCUT2D eigenvalue weighted by molar-refractivity contribution is 0.0955. The predicted molar refractivity (Wildman–Crippen MR) is 82.6 cm³/mol. The molecule has 1 amide bonds. The third-order valence-corrected chi connectivity index (χ3v) is 2.92. The Bertz CT molecular complexity index is 462. The van der Waals surface area contributed by atoms with E-state index in [0.29, 0.717) is 11.5 Å². The van der Waals surface area contributed by atoms with Crippen LogP contribution in [0.3, 0.4) is 0 Å². The molecule has 0 radical (unpaired) electrons. The fraction of sp³-hybridized carbons (Fsp3) is 0.438. The quantitative estimate of drug-likeness (QED) is 0.469. The molecule has 20 heavy (non-hydrogen) atoms. The minimum atomic E-state index is -0.208. The molecule has 0 aliphatic heterocycles. The van der Waals surface area contributed by atoms with Crippen LogP contribution in [0.4, 0.5) is 0 Å². The predicted octanol–water partition coefficient (Wildman–Crippen LogP) is 3.57. The van der Waals surface area contributed by atoms with Gasteiger partial charge in [0.1, 0.15) is 0 Å². The Morgan fingerprint density at radius 1 is 1.40 bits per heavy atom. The van der Waals surface area contributed by atoms with E-state index in [9.17, 15) is 4.79 Å². The molecule has 1 N–H and O–H groups in total. The molecular formula is C16H23N3O. The van der Waals surface area contributed by atoms with E-state index in [1.54, 1.807) is 30.7 Å². The third-order valence-electron chi connectivity index (χ3n) is 2.92. The highest BCUT2D eigenvalue weighted by Gasteiger charge is 2.02. The van der Waals surface area contributed by atoms with Gasteiger partial charge in [-0.3, -0.25) is 9.78 Å². The SMILES string of the molecule is CC(C)=CCCC(C)C/C=N/NC(=O)c1ccncc1. The van der Waals surface area contributed by atoms with Crippen molar-refractivity contribution < 1.29 is 4.79 Å². The molecule has 4 nitrogen and oxygen atoms in total. The second kappa shape index (κ2) is 9.02.